The third-order valence-corrected chi connectivity index (χ3v) is 7.93. The van der Waals surface area contributed by atoms with E-state index in [9.17, 15) is 0 Å². The summed E-state index contributed by atoms with van der Waals surface area (Å²) in [5.41, 5.74) is 2.82. The van der Waals surface area contributed by atoms with Crippen molar-refractivity contribution in [2.75, 3.05) is 6.61 Å². The van der Waals surface area contributed by atoms with Crippen LogP contribution in [-0.4, -0.2) is 39.0 Å². The molecule has 0 saturated heterocycles. The first-order valence-electron chi connectivity index (χ1n) is 11.2. The van der Waals surface area contributed by atoms with Crippen LogP contribution in [0.5, 0.6) is 0 Å². The molecular weight excluding hydrogens is 404 g/mol. The topological polar surface area (TPSA) is 81.5 Å². The summed E-state index contributed by atoms with van der Waals surface area (Å²) >= 11 is 0. The van der Waals surface area contributed by atoms with Crippen LogP contribution in [0.15, 0.2) is 31.0 Å². The maximum Gasteiger partial charge on any atom is 0.145 e. The first kappa shape index (κ1) is 21.7. The Balaban J connectivity index is 1.46. The van der Waals surface area contributed by atoms with Gasteiger partial charge in [-0.2, -0.15) is 10.4 Å². The zero-order valence-electron chi connectivity index (χ0n) is 18.8. The SMILES string of the molecule is C[Si](C)(C)CCOCn1ccc2c(-c3cnn(C4CCC(CC#N)CC4)c3)ncnc21. The second-order valence-corrected chi connectivity index (χ2v) is 15.5. The Morgan fingerprint density at radius 1 is 1.19 bits per heavy atom. The fourth-order valence-electron chi connectivity index (χ4n) is 4.28. The van der Waals surface area contributed by atoms with Gasteiger partial charge in [0.15, 0.2) is 0 Å². The Bertz CT molecular complexity index is 1050. The van der Waals surface area contributed by atoms with E-state index in [1.807, 2.05) is 17.0 Å². The zero-order valence-corrected chi connectivity index (χ0v) is 19.8. The lowest BCUT2D eigenvalue weighted by atomic mass is 9.84. The molecule has 8 heteroatoms. The van der Waals surface area contributed by atoms with Crippen LogP contribution in [0.1, 0.15) is 38.1 Å². The average molecular weight is 437 g/mol. The fraction of sp³-hybridized carbons (Fsp3) is 0.565. The van der Waals surface area contributed by atoms with Crippen LogP contribution in [0.3, 0.4) is 0 Å². The van der Waals surface area contributed by atoms with Crippen LogP contribution < -0.4 is 0 Å². The Morgan fingerprint density at radius 2 is 2.00 bits per heavy atom. The zero-order chi connectivity index (χ0) is 21.8. The predicted octanol–water partition coefficient (Wildman–Crippen LogP) is 5.25. The number of hydrogen-bond acceptors (Lipinski definition) is 5. The molecule has 0 spiro atoms. The van der Waals surface area contributed by atoms with Crippen LogP contribution in [0.2, 0.25) is 25.7 Å². The highest BCUT2D eigenvalue weighted by atomic mass is 28.3. The van der Waals surface area contributed by atoms with Gasteiger partial charge < -0.3 is 9.30 Å². The first-order valence-corrected chi connectivity index (χ1v) is 14.9. The highest BCUT2D eigenvalue weighted by Gasteiger charge is 2.23. The van der Waals surface area contributed by atoms with Gasteiger partial charge >= 0.3 is 0 Å². The number of nitrogens with zero attached hydrogens (tertiary/aromatic N) is 6. The van der Waals surface area contributed by atoms with E-state index in [2.05, 4.69) is 57.7 Å². The van der Waals surface area contributed by atoms with Gasteiger partial charge in [-0.25, -0.2) is 9.97 Å². The molecule has 0 unspecified atom stereocenters. The van der Waals surface area contributed by atoms with Crippen molar-refractivity contribution >= 4 is 19.1 Å². The summed E-state index contributed by atoms with van der Waals surface area (Å²) in [4.78, 5) is 9.07. The van der Waals surface area contributed by atoms with Gasteiger partial charge in [0.2, 0.25) is 0 Å². The molecule has 1 saturated carbocycles. The lowest BCUT2D eigenvalue weighted by Gasteiger charge is -2.27. The molecule has 0 bridgehead atoms. The number of fused-ring (bicyclic) bond motifs is 1. The van der Waals surface area contributed by atoms with Crippen molar-refractivity contribution in [2.45, 2.75) is 70.6 Å². The molecule has 0 aliphatic heterocycles. The Kier molecular flexibility index (Phi) is 6.53. The van der Waals surface area contributed by atoms with Crippen molar-refractivity contribution in [1.82, 2.24) is 24.3 Å². The maximum absolute atomic E-state index is 8.92. The smallest absolute Gasteiger partial charge is 0.145 e. The minimum absolute atomic E-state index is 0.408. The molecule has 1 fully saturated rings. The highest BCUT2D eigenvalue weighted by Crippen LogP contribution is 2.34. The summed E-state index contributed by atoms with van der Waals surface area (Å²) in [6, 6.07) is 5.94. The molecule has 164 valence electrons. The summed E-state index contributed by atoms with van der Waals surface area (Å²) in [6.45, 7) is 8.38. The van der Waals surface area contributed by atoms with Crippen LogP contribution in [0.25, 0.3) is 22.3 Å². The van der Waals surface area contributed by atoms with Crippen molar-refractivity contribution in [3.63, 3.8) is 0 Å². The molecule has 0 aromatic carbocycles. The summed E-state index contributed by atoms with van der Waals surface area (Å²) in [6.07, 6.45) is 12.7. The van der Waals surface area contributed by atoms with Crippen LogP contribution in [0.4, 0.5) is 0 Å². The van der Waals surface area contributed by atoms with E-state index < -0.39 is 8.07 Å². The molecule has 0 amide bonds. The van der Waals surface area contributed by atoms with E-state index in [4.69, 9.17) is 10.00 Å². The number of aromatic nitrogens is 5. The lowest BCUT2D eigenvalue weighted by molar-refractivity contribution is 0.0899. The molecule has 4 rings (SSSR count). The quantitative estimate of drug-likeness (QED) is 0.356. The van der Waals surface area contributed by atoms with Gasteiger partial charge in [0.1, 0.15) is 18.7 Å². The van der Waals surface area contributed by atoms with E-state index in [-0.39, 0.29) is 0 Å². The van der Waals surface area contributed by atoms with Crippen LogP contribution >= 0.6 is 0 Å². The second kappa shape index (κ2) is 9.33. The minimum Gasteiger partial charge on any atom is -0.361 e. The van der Waals surface area contributed by atoms with E-state index >= 15 is 0 Å². The predicted molar refractivity (Wildman–Crippen MR) is 124 cm³/mol. The molecule has 1 aliphatic rings. The van der Waals surface area contributed by atoms with Crippen molar-refractivity contribution in [3.8, 4) is 17.3 Å². The summed E-state index contributed by atoms with van der Waals surface area (Å²) in [5, 5.41) is 14.6. The van der Waals surface area contributed by atoms with Crippen LogP contribution in [-0.2, 0) is 11.5 Å². The van der Waals surface area contributed by atoms with Crippen molar-refractivity contribution in [3.05, 3.63) is 31.0 Å². The molecule has 1 aliphatic carbocycles. The third-order valence-electron chi connectivity index (χ3n) is 6.23. The van der Waals surface area contributed by atoms with E-state index in [0.717, 1.165) is 60.6 Å². The van der Waals surface area contributed by atoms with E-state index in [1.54, 1.807) is 6.33 Å². The molecule has 3 aromatic rings. The molecular formula is C23H32N6OSi. The molecule has 0 N–H and O–H groups in total. The van der Waals surface area contributed by atoms with Crippen molar-refractivity contribution in [1.29, 1.82) is 5.26 Å². The maximum atomic E-state index is 8.92. The standard InChI is InChI=1S/C23H32N6OSi/c1-31(2,3)13-12-30-17-28-11-9-21-22(25-16-26-23(21)28)19-14-27-29(15-19)20-6-4-18(5-7-20)8-10-24/h9,11,14-16,18,20H,4-8,12-13,17H2,1-3H3. The molecule has 3 heterocycles. The third kappa shape index (κ3) is 5.22. The van der Waals surface area contributed by atoms with Gasteiger partial charge in [0.05, 0.1) is 24.0 Å². The Morgan fingerprint density at radius 3 is 2.74 bits per heavy atom. The van der Waals surface area contributed by atoms with Gasteiger partial charge in [0, 0.05) is 44.4 Å². The number of rotatable bonds is 8. The second-order valence-electron chi connectivity index (χ2n) is 9.84. The number of nitriles is 1. The fourth-order valence-corrected chi connectivity index (χ4v) is 5.04. The van der Waals surface area contributed by atoms with Gasteiger partial charge in [-0.05, 0) is 43.7 Å². The minimum atomic E-state index is -1.09. The molecule has 7 nitrogen and oxygen atoms in total. The van der Waals surface area contributed by atoms with Gasteiger partial charge in [-0.15, -0.1) is 0 Å². The van der Waals surface area contributed by atoms with Gasteiger partial charge in [0.25, 0.3) is 0 Å². The van der Waals surface area contributed by atoms with Crippen molar-refractivity contribution < 1.29 is 4.74 Å². The molecule has 0 radical (unpaired) electrons. The Hall–Kier alpha value is -2.50. The van der Waals surface area contributed by atoms with E-state index in [1.165, 1.54) is 0 Å². The Labute approximate surface area is 185 Å². The molecule has 0 atom stereocenters. The lowest BCUT2D eigenvalue weighted by Crippen LogP contribution is -2.22. The molecule has 31 heavy (non-hydrogen) atoms. The monoisotopic (exact) mass is 436 g/mol. The van der Waals surface area contributed by atoms with Crippen molar-refractivity contribution in [2.24, 2.45) is 5.92 Å². The number of ether oxygens (including phenoxy) is 1. The van der Waals surface area contributed by atoms with Crippen LogP contribution in [0, 0.1) is 17.2 Å². The highest BCUT2D eigenvalue weighted by molar-refractivity contribution is 6.76. The van der Waals surface area contributed by atoms with Gasteiger partial charge in [-0.3, -0.25) is 4.68 Å². The van der Waals surface area contributed by atoms with E-state index in [0.29, 0.717) is 25.1 Å². The first-order chi connectivity index (χ1) is 14.9. The summed E-state index contributed by atoms with van der Waals surface area (Å²) in [5.74, 6) is 0.547. The average Bonchev–Trinajstić information content (AvgIpc) is 3.39. The largest absolute Gasteiger partial charge is 0.361 e. The number of hydrogen-bond donors (Lipinski definition) is 0. The normalized spacial score (nSPS) is 19.5. The summed E-state index contributed by atoms with van der Waals surface area (Å²) < 4.78 is 10.1. The molecule has 3 aromatic heterocycles. The summed E-state index contributed by atoms with van der Waals surface area (Å²) in [7, 11) is -1.09. The van der Waals surface area contributed by atoms with Gasteiger partial charge in [-0.1, -0.05) is 19.6 Å².